The quantitative estimate of drug-likeness (QED) is 0.429. The van der Waals surface area contributed by atoms with Crippen LogP contribution in [0.1, 0.15) is 51.3 Å². The molecule has 1 aliphatic heterocycles. The summed E-state index contributed by atoms with van der Waals surface area (Å²) in [7, 11) is 1.68. The number of carbonyl (C=O) groups excluding carboxylic acids is 1. The van der Waals surface area contributed by atoms with Crippen LogP contribution in [0.15, 0.2) is 65.4 Å². The summed E-state index contributed by atoms with van der Waals surface area (Å²) in [6.45, 7) is 6.09. The Hall–Kier alpha value is -3.94. The number of methoxy groups -OCH3 is 1. The van der Waals surface area contributed by atoms with Gasteiger partial charge in [-0.2, -0.15) is 9.67 Å². The van der Waals surface area contributed by atoms with Crippen LogP contribution in [0.25, 0.3) is 5.70 Å². The fraction of sp³-hybridized carbons (Fsp3) is 0.308. The molecule has 2 N–H and O–H groups in total. The largest absolute Gasteiger partial charge is 0.550 e. The van der Waals surface area contributed by atoms with Crippen molar-refractivity contribution in [3.63, 3.8) is 0 Å². The predicted molar refractivity (Wildman–Crippen MR) is 131 cm³/mol. The zero-order chi connectivity index (χ0) is 24.7. The maximum absolute atomic E-state index is 8.89. The normalized spacial score (nSPS) is 13.5. The van der Waals surface area contributed by atoms with Crippen LogP contribution in [0, 0.1) is 0 Å². The summed E-state index contributed by atoms with van der Waals surface area (Å²) in [6.07, 6.45) is 7.24. The first-order valence-corrected chi connectivity index (χ1v) is 11.3. The van der Waals surface area contributed by atoms with Crippen LogP contribution < -0.4 is 20.1 Å². The summed E-state index contributed by atoms with van der Waals surface area (Å²) in [5, 5.41) is 13.3. The SMILES string of the molecule is CC(=O)[O-].CCCCCn1ncc(N=C2C(C)=C(c3ccc(OC)cc3)[n+]3ccccc32)c1N. The molecule has 0 aliphatic carbocycles. The first-order chi connectivity index (χ1) is 16.4. The van der Waals surface area contributed by atoms with Gasteiger partial charge in [0.1, 0.15) is 23.0 Å². The van der Waals surface area contributed by atoms with Crippen LogP contribution in [0.3, 0.4) is 0 Å². The number of nitrogens with two attached hydrogens (primary N) is 1. The molecule has 0 bridgehead atoms. The monoisotopic (exact) mass is 461 g/mol. The number of unbranched alkanes of at least 4 members (excludes halogenated alkanes) is 2. The van der Waals surface area contributed by atoms with Crippen LogP contribution in [-0.2, 0) is 11.3 Å². The number of rotatable bonds is 7. The standard InChI is InChI=1S/C24H27N5O.C2H4O2/c1-4-5-7-15-29-24(25)20(16-26-29)27-22-17(2)23(28-14-8-6-9-21(22)28)18-10-12-19(30-3)13-11-18;1-2(3)4/h6,8-14,16,25H,4-5,7,15H2,1-3H3;1H3,(H,3,4). The van der Waals surface area contributed by atoms with E-state index in [1.54, 1.807) is 13.3 Å². The van der Waals surface area contributed by atoms with E-state index in [1.165, 1.54) is 12.8 Å². The molecule has 0 atom stereocenters. The van der Waals surface area contributed by atoms with Crippen molar-refractivity contribution in [3.05, 3.63) is 71.7 Å². The number of hydrogen-bond donors (Lipinski definition) is 1. The van der Waals surface area contributed by atoms with E-state index in [0.717, 1.165) is 53.9 Å². The molecule has 0 spiro atoms. The summed E-state index contributed by atoms with van der Waals surface area (Å²) in [5.74, 6) is 0.372. The van der Waals surface area contributed by atoms with Crippen molar-refractivity contribution in [1.29, 1.82) is 0 Å². The van der Waals surface area contributed by atoms with Crippen LogP contribution in [0.5, 0.6) is 5.75 Å². The molecule has 0 unspecified atom stereocenters. The van der Waals surface area contributed by atoms with Gasteiger partial charge in [-0.1, -0.05) is 19.8 Å². The van der Waals surface area contributed by atoms with Crippen LogP contribution >= 0.6 is 0 Å². The van der Waals surface area contributed by atoms with E-state index in [0.29, 0.717) is 11.5 Å². The number of aliphatic imine (C=N–C) groups is 1. The maximum atomic E-state index is 8.89. The van der Waals surface area contributed by atoms with E-state index in [4.69, 9.17) is 25.4 Å². The Morgan fingerprint density at radius 3 is 2.56 bits per heavy atom. The van der Waals surface area contributed by atoms with Crippen LogP contribution in [0.2, 0.25) is 0 Å². The lowest BCUT2D eigenvalue weighted by Gasteiger charge is -2.03. The Labute approximate surface area is 200 Å². The number of pyridine rings is 1. The number of carboxylic acid groups (broad SMARTS) is 1. The molecule has 1 aliphatic rings. The lowest BCUT2D eigenvalue weighted by Crippen LogP contribution is -2.34. The van der Waals surface area contributed by atoms with Crippen molar-refractivity contribution < 1.29 is 19.2 Å². The average molecular weight is 462 g/mol. The molecule has 0 fully saturated rings. The van der Waals surface area contributed by atoms with Gasteiger partial charge < -0.3 is 20.4 Å². The van der Waals surface area contributed by atoms with Crippen molar-refractivity contribution in [3.8, 4) is 5.75 Å². The Bertz CT molecular complexity index is 1210. The lowest BCUT2D eigenvalue weighted by atomic mass is 10.1. The first kappa shape index (κ1) is 24.7. The molecule has 0 saturated carbocycles. The minimum absolute atomic E-state index is 0.617. The minimum atomic E-state index is -1.08. The number of aliphatic carboxylic acids is 1. The second-order valence-corrected chi connectivity index (χ2v) is 7.96. The topological polar surface area (TPSA) is 109 Å². The number of hydrogen-bond acceptors (Lipinski definition) is 6. The second-order valence-electron chi connectivity index (χ2n) is 7.96. The molecule has 8 heteroatoms. The summed E-state index contributed by atoms with van der Waals surface area (Å²) >= 11 is 0. The van der Waals surface area contributed by atoms with Gasteiger partial charge >= 0.3 is 0 Å². The molecule has 1 aromatic carbocycles. The van der Waals surface area contributed by atoms with Gasteiger partial charge in [-0.05, 0) is 50.6 Å². The van der Waals surface area contributed by atoms with Crippen molar-refractivity contribution in [2.24, 2.45) is 4.99 Å². The molecule has 8 nitrogen and oxygen atoms in total. The van der Waals surface area contributed by atoms with Crippen LogP contribution in [-0.4, -0.2) is 28.6 Å². The Balaban J connectivity index is 0.000000751. The summed E-state index contributed by atoms with van der Waals surface area (Å²) in [5.41, 5.74) is 12.4. The Morgan fingerprint density at radius 2 is 1.91 bits per heavy atom. The fourth-order valence-corrected chi connectivity index (χ4v) is 3.84. The highest BCUT2D eigenvalue weighted by Crippen LogP contribution is 2.30. The van der Waals surface area contributed by atoms with Gasteiger partial charge in [-0.25, -0.2) is 9.67 Å². The van der Waals surface area contributed by atoms with Gasteiger partial charge in [0.15, 0.2) is 6.20 Å². The molecule has 2 aromatic heterocycles. The number of carboxylic acids is 1. The van der Waals surface area contributed by atoms with E-state index in [1.807, 2.05) is 28.9 Å². The molecule has 0 saturated heterocycles. The highest BCUT2D eigenvalue weighted by atomic mass is 16.5. The number of allylic oxidation sites excluding steroid dienone is 1. The second kappa shape index (κ2) is 11.3. The Morgan fingerprint density at radius 1 is 1.21 bits per heavy atom. The smallest absolute Gasteiger partial charge is 0.237 e. The third-order valence-electron chi connectivity index (χ3n) is 5.48. The molecule has 3 heterocycles. The van der Waals surface area contributed by atoms with Crippen molar-refractivity contribution >= 4 is 28.9 Å². The van der Waals surface area contributed by atoms with Crippen LogP contribution in [0.4, 0.5) is 11.5 Å². The van der Waals surface area contributed by atoms with Crippen molar-refractivity contribution in [1.82, 2.24) is 9.78 Å². The number of ether oxygens (including phenoxy) is 1. The molecule has 34 heavy (non-hydrogen) atoms. The summed E-state index contributed by atoms with van der Waals surface area (Å²) in [4.78, 5) is 13.8. The molecule has 3 aromatic rings. The van der Waals surface area contributed by atoms with Gasteiger partial charge in [0.25, 0.3) is 0 Å². The molecular weight excluding hydrogens is 430 g/mol. The molecule has 0 radical (unpaired) electrons. The number of aryl methyl sites for hydroxylation is 1. The highest BCUT2D eigenvalue weighted by Gasteiger charge is 2.34. The molecular formula is C26H31N5O3. The predicted octanol–water partition coefficient (Wildman–Crippen LogP) is 3.12. The number of nitrogens with zero attached hydrogens (tertiary/aromatic N) is 4. The van der Waals surface area contributed by atoms with E-state index in [2.05, 4.69) is 47.9 Å². The zero-order valence-corrected chi connectivity index (χ0v) is 20.1. The minimum Gasteiger partial charge on any atom is -0.550 e. The Kier molecular flexibility index (Phi) is 8.19. The molecule has 0 amide bonds. The van der Waals surface area contributed by atoms with E-state index in [-0.39, 0.29) is 0 Å². The van der Waals surface area contributed by atoms with Gasteiger partial charge in [0.05, 0.1) is 18.9 Å². The maximum Gasteiger partial charge on any atom is 0.237 e. The number of nitrogen functional groups attached to an aromatic ring is 1. The van der Waals surface area contributed by atoms with E-state index < -0.39 is 5.97 Å². The summed E-state index contributed by atoms with van der Waals surface area (Å²) < 4.78 is 9.34. The van der Waals surface area contributed by atoms with E-state index >= 15 is 0 Å². The van der Waals surface area contributed by atoms with Crippen molar-refractivity contribution in [2.45, 2.75) is 46.6 Å². The van der Waals surface area contributed by atoms with Gasteiger partial charge in [-0.3, -0.25) is 0 Å². The lowest BCUT2D eigenvalue weighted by molar-refractivity contribution is -0.577. The van der Waals surface area contributed by atoms with E-state index in [9.17, 15) is 0 Å². The van der Waals surface area contributed by atoms with Gasteiger partial charge in [0.2, 0.25) is 11.4 Å². The van der Waals surface area contributed by atoms with Crippen molar-refractivity contribution in [2.75, 3.05) is 12.8 Å². The first-order valence-electron chi connectivity index (χ1n) is 11.3. The molecule has 178 valence electrons. The zero-order valence-electron chi connectivity index (χ0n) is 20.1. The highest BCUT2D eigenvalue weighted by molar-refractivity contribution is 6.17. The number of aromatic nitrogens is 3. The molecule has 4 rings (SSSR count). The number of benzene rings is 1. The number of carbonyl (C=O) groups is 1. The number of fused-ring (bicyclic) bond motifs is 1. The fourth-order valence-electron chi connectivity index (χ4n) is 3.84. The van der Waals surface area contributed by atoms with Gasteiger partial charge in [0, 0.05) is 30.2 Å². The number of anilines is 1. The van der Waals surface area contributed by atoms with Gasteiger partial charge in [-0.15, -0.1) is 0 Å². The third kappa shape index (κ3) is 5.51. The average Bonchev–Trinajstić information content (AvgIpc) is 3.31. The third-order valence-corrected chi connectivity index (χ3v) is 5.48. The summed E-state index contributed by atoms with van der Waals surface area (Å²) in [6, 6.07) is 14.3.